The van der Waals surface area contributed by atoms with Crippen LogP contribution >= 0.6 is 11.6 Å². The van der Waals surface area contributed by atoms with Gasteiger partial charge in [0, 0.05) is 37.5 Å². The number of nitro benzene ring substituents is 1. The van der Waals surface area contributed by atoms with Gasteiger partial charge in [-0.1, -0.05) is 11.6 Å². The normalized spacial score (nSPS) is 11.5. The first kappa shape index (κ1) is 19.6. The SMILES string of the molecule is CN(c1ccc(C(F)(F)F)cc1)c1nnc(-c2ccc([N+](=O)[O-])cc2Cl)n1C. The fraction of sp³-hybridized carbons (Fsp3) is 0.176. The van der Waals surface area contributed by atoms with Crippen molar-refractivity contribution in [2.45, 2.75) is 6.18 Å². The third-order valence-electron chi connectivity index (χ3n) is 4.14. The summed E-state index contributed by atoms with van der Waals surface area (Å²) in [5.74, 6) is 0.706. The number of rotatable bonds is 4. The van der Waals surface area contributed by atoms with Gasteiger partial charge in [-0.05, 0) is 30.3 Å². The average molecular weight is 412 g/mol. The number of non-ortho nitro benzene ring substituents is 1. The molecule has 28 heavy (non-hydrogen) atoms. The zero-order chi connectivity index (χ0) is 20.6. The number of hydrogen-bond donors (Lipinski definition) is 0. The maximum Gasteiger partial charge on any atom is 0.416 e. The van der Waals surface area contributed by atoms with Crippen molar-refractivity contribution in [1.82, 2.24) is 14.8 Å². The van der Waals surface area contributed by atoms with Crippen molar-refractivity contribution >= 4 is 28.9 Å². The molecule has 0 bridgehead atoms. The number of hydrogen-bond acceptors (Lipinski definition) is 5. The van der Waals surface area contributed by atoms with Gasteiger partial charge in [0.2, 0.25) is 5.95 Å². The van der Waals surface area contributed by atoms with Crippen LogP contribution in [0.3, 0.4) is 0 Å². The lowest BCUT2D eigenvalue weighted by atomic mass is 10.2. The number of alkyl halides is 3. The molecule has 1 aromatic heterocycles. The Kier molecular flexibility index (Phi) is 4.99. The van der Waals surface area contributed by atoms with Crippen LogP contribution in [0, 0.1) is 10.1 Å². The van der Waals surface area contributed by atoms with E-state index in [2.05, 4.69) is 10.2 Å². The minimum atomic E-state index is -4.41. The summed E-state index contributed by atoms with van der Waals surface area (Å²) < 4.78 is 39.7. The Morgan fingerprint density at radius 1 is 1.14 bits per heavy atom. The van der Waals surface area contributed by atoms with Gasteiger partial charge < -0.3 is 4.90 Å². The Morgan fingerprint density at radius 2 is 1.79 bits per heavy atom. The summed E-state index contributed by atoms with van der Waals surface area (Å²) >= 11 is 6.14. The number of nitrogens with zero attached hydrogens (tertiary/aromatic N) is 5. The number of benzene rings is 2. The van der Waals surface area contributed by atoms with Gasteiger partial charge in [-0.15, -0.1) is 10.2 Å². The molecule has 11 heteroatoms. The van der Waals surface area contributed by atoms with E-state index in [1.165, 1.54) is 30.3 Å². The van der Waals surface area contributed by atoms with Gasteiger partial charge in [0.25, 0.3) is 5.69 Å². The molecule has 0 aliphatic carbocycles. The minimum absolute atomic E-state index is 0.133. The molecule has 0 amide bonds. The predicted molar refractivity (Wildman–Crippen MR) is 97.6 cm³/mol. The molecule has 0 fully saturated rings. The smallest absolute Gasteiger partial charge is 0.314 e. The van der Waals surface area contributed by atoms with Crippen LogP contribution in [-0.4, -0.2) is 26.7 Å². The molecule has 2 aromatic carbocycles. The summed E-state index contributed by atoms with van der Waals surface area (Å²) in [6.07, 6.45) is -4.41. The van der Waals surface area contributed by atoms with Crippen molar-refractivity contribution in [2.24, 2.45) is 7.05 Å². The minimum Gasteiger partial charge on any atom is -0.314 e. The molecule has 0 N–H and O–H groups in total. The van der Waals surface area contributed by atoms with E-state index in [0.717, 1.165) is 12.1 Å². The number of halogens is 4. The van der Waals surface area contributed by atoms with Crippen LogP contribution in [0.25, 0.3) is 11.4 Å². The topological polar surface area (TPSA) is 77.1 Å². The molecule has 0 atom stereocenters. The molecule has 146 valence electrons. The van der Waals surface area contributed by atoms with Crippen LogP contribution in [-0.2, 0) is 13.2 Å². The highest BCUT2D eigenvalue weighted by molar-refractivity contribution is 6.33. The standard InChI is InChI=1S/C17H13ClF3N5O2/c1-24(11-5-3-10(4-6-11)17(19,20)21)16-23-22-15(25(16)2)13-8-7-12(26(27)28)9-14(13)18/h3-9H,1-2H3. The maximum atomic E-state index is 12.7. The third-order valence-corrected chi connectivity index (χ3v) is 4.45. The lowest BCUT2D eigenvalue weighted by molar-refractivity contribution is -0.384. The fourth-order valence-electron chi connectivity index (χ4n) is 2.64. The summed E-state index contributed by atoms with van der Waals surface area (Å²) in [6, 6.07) is 8.60. The molecule has 0 spiro atoms. The van der Waals surface area contributed by atoms with Gasteiger partial charge >= 0.3 is 6.18 Å². The van der Waals surface area contributed by atoms with E-state index in [4.69, 9.17) is 11.6 Å². The van der Waals surface area contributed by atoms with Crippen LogP contribution in [0.5, 0.6) is 0 Å². The largest absolute Gasteiger partial charge is 0.416 e. The first-order valence-electron chi connectivity index (χ1n) is 7.84. The van der Waals surface area contributed by atoms with Crippen LogP contribution in [0.4, 0.5) is 30.5 Å². The van der Waals surface area contributed by atoms with E-state index in [0.29, 0.717) is 23.0 Å². The lowest BCUT2D eigenvalue weighted by Crippen LogP contribution is -2.15. The molecule has 3 rings (SSSR count). The highest BCUT2D eigenvalue weighted by Crippen LogP contribution is 2.34. The zero-order valence-electron chi connectivity index (χ0n) is 14.6. The van der Waals surface area contributed by atoms with E-state index in [9.17, 15) is 23.3 Å². The summed E-state index contributed by atoms with van der Waals surface area (Å²) in [4.78, 5) is 11.8. The molecule has 0 saturated carbocycles. The number of aromatic nitrogens is 3. The van der Waals surface area contributed by atoms with E-state index < -0.39 is 16.7 Å². The fourth-order valence-corrected chi connectivity index (χ4v) is 2.90. The maximum absolute atomic E-state index is 12.7. The predicted octanol–water partition coefficient (Wildman–Crippen LogP) is 4.83. The van der Waals surface area contributed by atoms with Crippen molar-refractivity contribution in [3.63, 3.8) is 0 Å². The van der Waals surface area contributed by atoms with Gasteiger partial charge in [0.15, 0.2) is 5.82 Å². The van der Waals surface area contributed by atoms with Crippen molar-refractivity contribution < 1.29 is 18.1 Å². The highest BCUT2D eigenvalue weighted by atomic mass is 35.5. The zero-order valence-corrected chi connectivity index (χ0v) is 15.4. The van der Waals surface area contributed by atoms with Crippen molar-refractivity contribution in [2.75, 3.05) is 11.9 Å². The summed E-state index contributed by atoms with van der Waals surface area (Å²) in [5, 5.41) is 19.1. The second-order valence-corrected chi connectivity index (χ2v) is 6.31. The van der Waals surface area contributed by atoms with Gasteiger partial charge in [0.05, 0.1) is 15.5 Å². The molecule has 0 aliphatic heterocycles. The molecular formula is C17H13ClF3N5O2. The Labute approximate surface area is 162 Å². The monoisotopic (exact) mass is 411 g/mol. The third kappa shape index (κ3) is 3.63. The molecule has 0 aliphatic rings. The van der Waals surface area contributed by atoms with Gasteiger partial charge in [0.1, 0.15) is 0 Å². The van der Waals surface area contributed by atoms with Crippen LogP contribution in [0.2, 0.25) is 5.02 Å². The van der Waals surface area contributed by atoms with Gasteiger partial charge in [-0.3, -0.25) is 14.7 Å². The van der Waals surface area contributed by atoms with Crippen LogP contribution < -0.4 is 4.90 Å². The van der Waals surface area contributed by atoms with E-state index >= 15 is 0 Å². The molecule has 0 radical (unpaired) electrons. The summed E-state index contributed by atoms with van der Waals surface area (Å²) in [5.41, 5.74) is 0.0122. The van der Waals surface area contributed by atoms with E-state index in [1.54, 1.807) is 23.6 Å². The first-order chi connectivity index (χ1) is 13.1. The summed E-state index contributed by atoms with van der Waals surface area (Å²) in [6.45, 7) is 0. The number of nitro groups is 1. The molecule has 1 heterocycles. The Hall–Kier alpha value is -3.14. The Morgan fingerprint density at radius 3 is 2.32 bits per heavy atom. The first-order valence-corrected chi connectivity index (χ1v) is 8.22. The molecule has 0 saturated heterocycles. The van der Waals surface area contributed by atoms with Gasteiger partial charge in [-0.2, -0.15) is 13.2 Å². The van der Waals surface area contributed by atoms with E-state index in [-0.39, 0.29) is 10.7 Å². The lowest BCUT2D eigenvalue weighted by Gasteiger charge is -2.19. The second kappa shape index (κ2) is 7.12. The van der Waals surface area contributed by atoms with E-state index in [1.807, 2.05) is 0 Å². The van der Waals surface area contributed by atoms with Crippen LogP contribution in [0.15, 0.2) is 42.5 Å². The van der Waals surface area contributed by atoms with Crippen molar-refractivity contribution in [3.8, 4) is 11.4 Å². The highest BCUT2D eigenvalue weighted by Gasteiger charge is 2.30. The van der Waals surface area contributed by atoms with Crippen molar-refractivity contribution in [1.29, 1.82) is 0 Å². The quantitative estimate of drug-likeness (QED) is 0.454. The average Bonchev–Trinajstić information content (AvgIpc) is 3.01. The van der Waals surface area contributed by atoms with Gasteiger partial charge in [-0.25, -0.2) is 0 Å². The second-order valence-electron chi connectivity index (χ2n) is 5.91. The van der Waals surface area contributed by atoms with Crippen molar-refractivity contribution in [3.05, 3.63) is 63.2 Å². The molecule has 0 unspecified atom stereocenters. The molecule has 7 nitrogen and oxygen atoms in total. The Bertz CT molecular complexity index is 1030. The molecule has 3 aromatic rings. The summed E-state index contributed by atoms with van der Waals surface area (Å²) in [7, 11) is 3.29. The molecular weight excluding hydrogens is 399 g/mol. The Balaban J connectivity index is 1.94. The number of anilines is 2. The van der Waals surface area contributed by atoms with Crippen LogP contribution in [0.1, 0.15) is 5.56 Å².